The Morgan fingerprint density at radius 3 is 2.41 bits per heavy atom. The Morgan fingerprint density at radius 1 is 1.12 bits per heavy atom. The van der Waals surface area contributed by atoms with Crippen LogP contribution >= 0.6 is 0 Å². The smallest absolute Gasteiger partial charge is 0.167 e. The van der Waals surface area contributed by atoms with Gasteiger partial charge < -0.3 is 5.11 Å². The molecule has 0 radical (unpaired) electrons. The van der Waals surface area contributed by atoms with Crippen molar-refractivity contribution in [1.29, 1.82) is 0 Å². The lowest BCUT2D eigenvalue weighted by atomic mass is 9.69. The van der Waals surface area contributed by atoms with Crippen LogP contribution in [-0.2, 0) is 4.79 Å². The minimum absolute atomic E-state index is 0.150. The van der Waals surface area contributed by atoms with E-state index in [-0.39, 0.29) is 11.7 Å². The van der Waals surface area contributed by atoms with E-state index in [2.05, 4.69) is 6.92 Å². The van der Waals surface area contributed by atoms with Gasteiger partial charge in [-0.05, 0) is 31.6 Å². The number of carbonyl (C=O) groups excluding carboxylic acids is 1. The summed E-state index contributed by atoms with van der Waals surface area (Å²) in [5.41, 5.74) is -0.965. The van der Waals surface area contributed by atoms with Gasteiger partial charge in [-0.3, -0.25) is 4.79 Å². The van der Waals surface area contributed by atoms with Crippen LogP contribution in [-0.4, -0.2) is 16.5 Å². The van der Waals surface area contributed by atoms with E-state index < -0.39 is 5.60 Å². The van der Waals surface area contributed by atoms with Gasteiger partial charge in [-0.25, -0.2) is 0 Å². The summed E-state index contributed by atoms with van der Waals surface area (Å²) < 4.78 is 0. The molecule has 1 N–H and O–H groups in total. The van der Waals surface area contributed by atoms with Crippen LogP contribution in [0.2, 0.25) is 0 Å². The Bertz CT molecular complexity index is 266. The minimum atomic E-state index is -0.965. The van der Waals surface area contributed by atoms with Crippen LogP contribution in [0.1, 0.15) is 71.1 Å². The Labute approximate surface area is 105 Å². The summed E-state index contributed by atoms with van der Waals surface area (Å²) in [7, 11) is 0. The van der Waals surface area contributed by atoms with Crippen molar-refractivity contribution in [1.82, 2.24) is 0 Å². The molecule has 2 aliphatic carbocycles. The third-order valence-electron chi connectivity index (χ3n) is 4.91. The lowest BCUT2D eigenvalue weighted by molar-refractivity contribution is -0.148. The fourth-order valence-corrected chi connectivity index (χ4v) is 3.77. The highest BCUT2D eigenvalue weighted by Gasteiger charge is 2.43. The molecule has 17 heavy (non-hydrogen) atoms. The first-order chi connectivity index (χ1) is 8.17. The van der Waals surface area contributed by atoms with Crippen LogP contribution in [0.25, 0.3) is 0 Å². The van der Waals surface area contributed by atoms with Crippen LogP contribution in [0.3, 0.4) is 0 Å². The molecule has 2 fully saturated rings. The summed E-state index contributed by atoms with van der Waals surface area (Å²) in [6.07, 6.45) is 10.4. The zero-order valence-corrected chi connectivity index (χ0v) is 11.1. The van der Waals surface area contributed by atoms with Gasteiger partial charge in [0.15, 0.2) is 5.78 Å². The van der Waals surface area contributed by atoms with Crippen LogP contribution < -0.4 is 0 Å². The Kier molecular flexibility index (Phi) is 4.24. The zero-order chi connectivity index (χ0) is 12.3. The van der Waals surface area contributed by atoms with Crippen LogP contribution in [0.4, 0.5) is 0 Å². The van der Waals surface area contributed by atoms with E-state index in [0.717, 1.165) is 25.7 Å². The van der Waals surface area contributed by atoms with E-state index in [1.807, 2.05) is 0 Å². The maximum absolute atomic E-state index is 12.6. The van der Waals surface area contributed by atoms with E-state index in [0.29, 0.717) is 18.8 Å². The molecular weight excluding hydrogens is 212 g/mol. The molecule has 2 rings (SSSR count). The van der Waals surface area contributed by atoms with Gasteiger partial charge in [-0.15, -0.1) is 0 Å². The molecule has 2 saturated carbocycles. The lowest BCUT2D eigenvalue weighted by Gasteiger charge is -2.38. The quantitative estimate of drug-likeness (QED) is 0.817. The molecule has 2 heteroatoms. The predicted octanol–water partition coefficient (Wildman–Crippen LogP) is 3.47. The molecular formula is C15H26O2. The number of aliphatic hydroxyl groups is 1. The molecule has 0 saturated heterocycles. The van der Waals surface area contributed by atoms with Crippen molar-refractivity contribution in [3.05, 3.63) is 0 Å². The fourth-order valence-electron chi connectivity index (χ4n) is 3.77. The normalized spacial score (nSPS) is 33.3. The molecule has 2 atom stereocenters. The van der Waals surface area contributed by atoms with Gasteiger partial charge in [0.1, 0.15) is 5.60 Å². The molecule has 0 aliphatic heterocycles. The molecule has 98 valence electrons. The van der Waals surface area contributed by atoms with E-state index in [1.54, 1.807) is 0 Å². The summed E-state index contributed by atoms with van der Waals surface area (Å²) in [4.78, 5) is 12.6. The van der Waals surface area contributed by atoms with Crippen LogP contribution in [0, 0.1) is 11.8 Å². The van der Waals surface area contributed by atoms with E-state index in [9.17, 15) is 9.90 Å². The van der Waals surface area contributed by atoms with Crippen molar-refractivity contribution in [2.75, 3.05) is 0 Å². The van der Waals surface area contributed by atoms with Crippen molar-refractivity contribution in [2.45, 2.75) is 76.7 Å². The van der Waals surface area contributed by atoms with Crippen molar-refractivity contribution >= 4 is 5.78 Å². The van der Waals surface area contributed by atoms with Crippen LogP contribution in [0.15, 0.2) is 0 Å². The van der Waals surface area contributed by atoms with E-state index >= 15 is 0 Å². The highest BCUT2D eigenvalue weighted by atomic mass is 16.3. The summed E-state index contributed by atoms with van der Waals surface area (Å²) in [6.45, 7) is 2.18. The second-order valence-corrected chi connectivity index (χ2v) is 6.02. The number of hydrogen-bond donors (Lipinski definition) is 1. The van der Waals surface area contributed by atoms with Gasteiger partial charge in [0.25, 0.3) is 0 Å². The van der Waals surface area contributed by atoms with Gasteiger partial charge >= 0.3 is 0 Å². The molecule has 2 nitrogen and oxygen atoms in total. The molecule has 2 aliphatic rings. The number of rotatable bonds is 3. The monoisotopic (exact) mass is 238 g/mol. The van der Waals surface area contributed by atoms with E-state index in [4.69, 9.17) is 0 Å². The minimum Gasteiger partial charge on any atom is -0.382 e. The fraction of sp³-hybridized carbons (Fsp3) is 0.933. The third-order valence-corrected chi connectivity index (χ3v) is 4.91. The first-order valence-electron chi connectivity index (χ1n) is 7.44. The number of Topliss-reactive ketones (excluding diaryl/α,β-unsaturated/α-hetero) is 1. The topological polar surface area (TPSA) is 37.3 Å². The Morgan fingerprint density at radius 2 is 1.76 bits per heavy atom. The zero-order valence-electron chi connectivity index (χ0n) is 11.1. The highest BCUT2D eigenvalue weighted by Crippen LogP contribution is 2.39. The van der Waals surface area contributed by atoms with Gasteiger partial charge in [0, 0.05) is 5.92 Å². The molecule has 0 aromatic rings. The third kappa shape index (κ3) is 2.73. The first kappa shape index (κ1) is 13.1. The average Bonchev–Trinajstić information content (AvgIpc) is 2.38. The molecule has 0 aromatic heterocycles. The van der Waals surface area contributed by atoms with Crippen molar-refractivity contribution < 1.29 is 9.90 Å². The van der Waals surface area contributed by atoms with Gasteiger partial charge in [0.2, 0.25) is 0 Å². The summed E-state index contributed by atoms with van der Waals surface area (Å²) >= 11 is 0. The Balaban J connectivity index is 2.06. The summed E-state index contributed by atoms with van der Waals surface area (Å²) in [5.74, 6) is 0.864. The molecule has 2 unspecified atom stereocenters. The number of ketones is 1. The molecule has 0 bridgehead atoms. The van der Waals surface area contributed by atoms with Gasteiger partial charge in [-0.2, -0.15) is 0 Å². The summed E-state index contributed by atoms with van der Waals surface area (Å²) in [6, 6.07) is 0. The molecule has 0 aromatic carbocycles. The van der Waals surface area contributed by atoms with Crippen molar-refractivity contribution in [2.24, 2.45) is 11.8 Å². The number of hydrogen-bond acceptors (Lipinski definition) is 2. The van der Waals surface area contributed by atoms with Gasteiger partial charge in [0.05, 0.1) is 0 Å². The lowest BCUT2D eigenvalue weighted by Crippen LogP contribution is -2.46. The Hall–Kier alpha value is -0.370. The maximum Gasteiger partial charge on any atom is 0.167 e. The predicted molar refractivity (Wildman–Crippen MR) is 68.8 cm³/mol. The molecule has 0 amide bonds. The maximum atomic E-state index is 12.6. The average molecular weight is 238 g/mol. The second-order valence-electron chi connectivity index (χ2n) is 6.02. The second kappa shape index (κ2) is 5.51. The molecule has 0 heterocycles. The van der Waals surface area contributed by atoms with Gasteiger partial charge in [-0.1, -0.05) is 45.4 Å². The molecule has 0 spiro atoms. The summed E-state index contributed by atoms with van der Waals surface area (Å²) in [5, 5.41) is 10.6. The van der Waals surface area contributed by atoms with Crippen molar-refractivity contribution in [3.8, 4) is 0 Å². The standard InChI is InChI=1S/C15H26O2/c1-2-12-8-4-5-9-13(12)14(16)15(17)10-6-3-7-11-15/h12-13,17H,2-11H2,1H3. The van der Waals surface area contributed by atoms with E-state index in [1.165, 1.54) is 25.7 Å². The number of carbonyl (C=O) groups is 1. The van der Waals surface area contributed by atoms with Crippen LogP contribution in [0.5, 0.6) is 0 Å². The first-order valence-corrected chi connectivity index (χ1v) is 7.44. The largest absolute Gasteiger partial charge is 0.382 e. The highest BCUT2D eigenvalue weighted by molar-refractivity contribution is 5.89. The van der Waals surface area contributed by atoms with Crippen molar-refractivity contribution in [3.63, 3.8) is 0 Å². The SMILES string of the molecule is CCC1CCCCC1C(=O)C1(O)CCCCC1.